The molecule has 212 valence electrons. The molecule has 0 saturated heterocycles. The Bertz CT molecular complexity index is 2430. The Labute approximate surface area is 262 Å². The largest absolute Gasteiger partial charge is 0.252 e. The fourth-order valence-corrected chi connectivity index (χ4v) is 7.38. The maximum atomic E-state index is 5.23. The number of hydrogen-bond donors (Lipinski definition) is 0. The van der Waals surface area contributed by atoms with Gasteiger partial charge in [-0.25, -0.2) is 4.98 Å². The Morgan fingerprint density at radius 3 is 1.67 bits per heavy atom. The second kappa shape index (κ2) is 9.70. The molecule has 2 heteroatoms. The standard InChI is InChI=1S/C43H30N2/c1-43(2)38-20-8-7-17-34(38)35-22-21-30(25-39(35)43)28-12-9-11-27(23-28)29-13-10-14-31(24-29)40-26-44-41-36-18-5-3-15-32(36)33-16-4-6-19-37(33)42(41)45-40/h3-26H,1-2H3. The van der Waals surface area contributed by atoms with Crippen molar-refractivity contribution in [2.75, 3.05) is 0 Å². The fraction of sp³-hybridized carbons (Fsp3) is 0.0698. The Morgan fingerprint density at radius 1 is 0.422 bits per heavy atom. The van der Waals surface area contributed by atoms with Gasteiger partial charge in [0.05, 0.1) is 22.9 Å². The zero-order valence-corrected chi connectivity index (χ0v) is 25.3. The van der Waals surface area contributed by atoms with Gasteiger partial charge in [-0.05, 0) is 73.5 Å². The van der Waals surface area contributed by atoms with Crippen LogP contribution in [0.4, 0.5) is 0 Å². The molecule has 45 heavy (non-hydrogen) atoms. The molecule has 0 fully saturated rings. The van der Waals surface area contributed by atoms with E-state index in [1.54, 1.807) is 0 Å². The summed E-state index contributed by atoms with van der Waals surface area (Å²) < 4.78 is 0. The van der Waals surface area contributed by atoms with Crippen molar-refractivity contribution in [3.8, 4) is 44.6 Å². The minimum absolute atomic E-state index is 0.0214. The van der Waals surface area contributed by atoms with Gasteiger partial charge in [0.25, 0.3) is 0 Å². The van der Waals surface area contributed by atoms with Crippen LogP contribution >= 0.6 is 0 Å². The van der Waals surface area contributed by atoms with Gasteiger partial charge in [-0.3, -0.25) is 4.98 Å². The molecule has 0 bridgehead atoms. The van der Waals surface area contributed by atoms with E-state index in [1.807, 2.05) is 6.20 Å². The van der Waals surface area contributed by atoms with Crippen molar-refractivity contribution in [1.82, 2.24) is 9.97 Å². The smallest absolute Gasteiger partial charge is 0.0979 e. The van der Waals surface area contributed by atoms with Crippen LogP contribution in [-0.4, -0.2) is 9.97 Å². The number of benzene rings is 7. The summed E-state index contributed by atoms with van der Waals surface area (Å²) >= 11 is 0. The first-order chi connectivity index (χ1) is 22.1. The van der Waals surface area contributed by atoms with Crippen LogP contribution in [0.2, 0.25) is 0 Å². The van der Waals surface area contributed by atoms with E-state index in [9.17, 15) is 0 Å². The van der Waals surface area contributed by atoms with E-state index >= 15 is 0 Å². The van der Waals surface area contributed by atoms with Crippen LogP contribution in [0.1, 0.15) is 25.0 Å². The minimum Gasteiger partial charge on any atom is -0.252 e. The van der Waals surface area contributed by atoms with E-state index in [4.69, 9.17) is 9.97 Å². The molecule has 7 aromatic carbocycles. The summed E-state index contributed by atoms with van der Waals surface area (Å²) in [5.41, 5.74) is 14.1. The van der Waals surface area contributed by atoms with Gasteiger partial charge in [-0.2, -0.15) is 0 Å². The van der Waals surface area contributed by atoms with Crippen LogP contribution in [0.15, 0.2) is 146 Å². The van der Waals surface area contributed by atoms with Crippen molar-refractivity contribution >= 4 is 32.6 Å². The molecular formula is C43H30N2. The summed E-state index contributed by atoms with van der Waals surface area (Å²) in [6.45, 7) is 4.68. The summed E-state index contributed by atoms with van der Waals surface area (Å²) in [5.74, 6) is 0. The van der Waals surface area contributed by atoms with Gasteiger partial charge < -0.3 is 0 Å². The molecule has 1 aromatic heterocycles. The molecule has 1 aliphatic carbocycles. The second-order valence-electron chi connectivity index (χ2n) is 12.6. The minimum atomic E-state index is -0.0214. The van der Waals surface area contributed by atoms with Gasteiger partial charge in [-0.15, -0.1) is 0 Å². The molecule has 0 N–H and O–H groups in total. The quantitative estimate of drug-likeness (QED) is 0.196. The molecule has 0 amide bonds. The summed E-state index contributed by atoms with van der Waals surface area (Å²) in [5, 5.41) is 4.68. The summed E-state index contributed by atoms with van der Waals surface area (Å²) in [6, 6.07) is 50.3. The van der Waals surface area contributed by atoms with E-state index in [-0.39, 0.29) is 5.41 Å². The average molecular weight is 575 g/mol. The maximum Gasteiger partial charge on any atom is 0.0979 e. The van der Waals surface area contributed by atoms with Crippen LogP contribution in [0.5, 0.6) is 0 Å². The molecule has 0 radical (unpaired) electrons. The molecule has 0 aliphatic heterocycles. The van der Waals surface area contributed by atoms with Gasteiger partial charge in [0, 0.05) is 21.8 Å². The number of nitrogens with zero attached hydrogens (tertiary/aromatic N) is 2. The van der Waals surface area contributed by atoms with Crippen LogP contribution in [0.3, 0.4) is 0 Å². The third-order valence-electron chi connectivity index (χ3n) is 9.70. The third kappa shape index (κ3) is 3.96. The van der Waals surface area contributed by atoms with Gasteiger partial charge in [0.2, 0.25) is 0 Å². The Balaban J connectivity index is 1.12. The molecule has 9 rings (SSSR count). The molecule has 0 atom stereocenters. The van der Waals surface area contributed by atoms with Crippen LogP contribution in [0.25, 0.3) is 77.2 Å². The highest BCUT2D eigenvalue weighted by Gasteiger charge is 2.35. The lowest BCUT2D eigenvalue weighted by molar-refractivity contribution is 0.660. The van der Waals surface area contributed by atoms with E-state index in [0.717, 1.165) is 38.6 Å². The number of aromatic nitrogens is 2. The van der Waals surface area contributed by atoms with Crippen molar-refractivity contribution < 1.29 is 0 Å². The van der Waals surface area contributed by atoms with E-state index in [0.29, 0.717) is 0 Å². The van der Waals surface area contributed by atoms with Gasteiger partial charge >= 0.3 is 0 Å². The van der Waals surface area contributed by atoms with Crippen LogP contribution < -0.4 is 0 Å². The molecule has 1 heterocycles. The lowest BCUT2D eigenvalue weighted by Gasteiger charge is -2.22. The summed E-state index contributed by atoms with van der Waals surface area (Å²) in [7, 11) is 0. The predicted molar refractivity (Wildman–Crippen MR) is 188 cm³/mol. The van der Waals surface area contributed by atoms with Crippen molar-refractivity contribution in [2.45, 2.75) is 19.3 Å². The molecule has 2 nitrogen and oxygen atoms in total. The topological polar surface area (TPSA) is 25.8 Å². The van der Waals surface area contributed by atoms with E-state index in [2.05, 4.69) is 153 Å². The highest BCUT2D eigenvalue weighted by Crippen LogP contribution is 2.49. The number of hydrogen-bond acceptors (Lipinski definition) is 2. The van der Waals surface area contributed by atoms with Crippen molar-refractivity contribution in [3.63, 3.8) is 0 Å². The maximum absolute atomic E-state index is 5.23. The normalized spacial score (nSPS) is 13.3. The summed E-state index contributed by atoms with van der Waals surface area (Å²) in [6.07, 6.45) is 1.92. The Morgan fingerprint density at radius 2 is 0.956 bits per heavy atom. The summed E-state index contributed by atoms with van der Waals surface area (Å²) in [4.78, 5) is 10.2. The predicted octanol–water partition coefficient (Wildman–Crippen LogP) is 11.2. The van der Waals surface area contributed by atoms with Crippen molar-refractivity contribution in [3.05, 3.63) is 157 Å². The number of fused-ring (bicyclic) bond motifs is 9. The Hall–Kier alpha value is -5.60. The van der Waals surface area contributed by atoms with Crippen LogP contribution in [-0.2, 0) is 5.41 Å². The zero-order valence-electron chi connectivity index (χ0n) is 25.3. The average Bonchev–Trinajstić information content (AvgIpc) is 3.34. The lowest BCUT2D eigenvalue weighted by Crippen LogP contribution is -2.14. The SMILES string of the molecule is CC1(C)c2ccccc2-c2ccc(-c3cccc(-c4cccc(-c5cnc6c7ccccc7c7ccccc7c6n5)c4)c3)cc21. The fourth-order valence-electron chi connectivity index (χ4n) is 7.38. The van der Waals surface area contributed by atoms with Crippen LogP contribution in [0, 0.1) is 0 Å². The lowest BCUT2D eigenvalue weighted by atomic mass is 9.81. The molecular weight excluding hydrogens is 544 g/mol. The molecule has 0 spiro atoms. The van der Waals surface area contributed by atoms with Gasteiger partial charge in [0.15, 0.2) is 0 Å². The highest BCUT2D eigenvalue weighted by atomic mass is 14.8. The monoisotopic (exact) mass is 574 g/mol. The first-order valence-electron chi connectivity index (χ1n) is 15.6. The van der Waals surface area contributed by atoms with Crippen molar-refractivity contribution in [1.29, 1.82) is 0 Å². The van der Waals surface area contributed by atoms with Gasteiger partial charge in [-0.1, -0.05) is 135 Å². The highest BCUT2D eigenvalue weighted by molar-refractivity contribution is 6.23. The molecule has 1 aliphatic rings. The Kier molecular flexibility index (Phi) is 5.58. The van der Waals surface area contributed by atoms with Gasteiger partial charge in [0.1, 0.15) is 0 Å². The number of rotatable bonds is 3. The van der Waals surface area contributed by atoms with Crippen molar-refractivity contribution in [2.24, 2.45) is 0 Å². The third-order valence-corrected chi connectivity index (χ3v) is 9.70. The van der Waals surface area contributed by atoms with E-state index in [1.165, 1.54) is 49.7 Å². The van der Waals surface area contributed by atoms with E-state index < -0.39 is 0 Å². The second-order valence-corrected chi connectivity index (χ2v) is 12.6. The first-order valence-corrected chi connectivity index (χ1v) is 15.6. The molecule has 0 unspecified atom stereocenters. The first kappa shape index (κ1) is 25.9. The zero-order chi connectivity index (χ0) is 30.1. The molecule has 0 saturated carbocycles. The molecule has 8 aromatic rings.